The van der Waals surface area contributed by atoms with Gasteiger partial charge in [-0.2, -0.15) is 0 Å². The van der Waals surface area contributed by atoms with Crippen LogP contribution in [0.2, 0.25) is 0 Å². The van der Waals surface area contributed by atoms with E-state index in [0.29, 0.717) is 17.4 Å². The number of phosphoric acid groups is 1. The van der Waals surface area contributed by atoms with Crippen LogP contribution in [0.15, 0.2) is 60.8 Å². The first-order chi connectivity index (χ1) is 20.5. The largest absolute Gasteiger partial charge is 0.472 e. The van der Waals surface area contributed by atoms with Crippen LogP contribution >= 0.6 is 7.82 Å². The van der Waals surface area contributed by atoms with Gasteiger partial charge in [-0.1, -0.05) is 100 Å². The summed E-state index contributed by atoms with van der Waals surface area (Å²) < 4.78 is 23.1. The molecule has 0 aliphatic rings. The lowest BCUT2D eigenvalue weighted by atomic mass is 10.1. The average molecular weight is 626 g/mol. The molecule has 0 heterocycles. The van der Waals surface area contributed by atoms with Crippen LogP contribution in [-0.4, -0.2) is 73.4 Å². The van der Waals surface area contributed by atoms with Gasteiger partial charge in [0.15, 0.2) is 0 Å². The van der Waals surface area contributed by atoms with Crippen LogP contribution in [0, 0.1) is 0 Å². The molecule has 0 aliphatic heterocycles. The fourth-order valence-corrected chi connectivity index (χ4v) is 4.57. The number of nitrogens with zero attached hydrogens (tertiary/aromatic N) is 1. The average Bonchev–Trinajstić information content (AvgIpc) is 2.94. The maximum absolute atomic E-state index is 12.6. The van der Waals surface area contributed by atoms with Gasteiger partial charge in [0.1, 0.15) is 13.2 Å². The van der Waals surface area contributed by atoms with Gasteiger partial charge in [0.25, 0.3) is 0 Å². The zero-order valence-electron chi connectivity index (χ0n) is 27.7. The standard InChI is InChI=1S/C34H61N2O6P/c1-6-8-10-12-13-14-15-16-17-18-19-20-21-22-23-24-26-28-34(38)35-32(33(37)27-25-11-9-7-2)31-42-43(39,40)41-30-29-36(3,4)5/h8,10,13-14,16-17,19-20,25,27,32-33,37H,6-7,9,11-12,15,18,21-24,26,28-31H2,1-5H3,(H-,35,38,39,40)/p+1/b10-8-,14-13-,17-16-,20-19-,27-25+. The van der Waals surface area contributed by atoms with Crippen molar-refractivity contribution in [1.82, 2.24) is 5.32 Å². The van der Waals surface area contributed by atoms with E-state index in [9.17, 15) is 19.4 Å². The summed E-state index contributed by atoms with van der Waals surface area (Å²) in [7, 11) is 1.53. The molecule has 8 nitrogen and oxygen atoms in total. The summed E-state index contributed by atoms with van der Waals surface area (Å²) in [6.07, 6.45) is 32.0. The summed E-state index contributed by atoms with van der Waals surface area (Å²) in [6.45, 7) is 4.47. The van der Waals surface area contributed by atoms with Crippen LogP contribution in [0.4, 0.5) is 0 Å². The van der Waals surface area contributed by atoms with Crippen LogP contribution in [0.5, 0.6) is 0 Å². The number of carbonyl (C=O) groups excluding carboxylic acids is 1. The van der Waals surface area contributed by atoms with Crippen molar-refractivity contribution in [1.29, 1.82) is 0 Å². The molecule has 0 spiro atoms. The van der Waals surface area contributed by atoms with Gasteiger partial charge < -0.3 is 19.8 Å². The summed E-state index contributed by atoms with van der Waals surface area (Å²) >= 11 is 0. The van der Waals surface area contributed by atoms with Gasteiger partial charge in [-0.25, -0.2) is 4.57 Å². The van der Waals surface area contributed by atoms with E-state index >= 15 is 0 Å². The molecule has 248 valence electrons. The second-order valence-electron chi connectivity index (χ2n) is 11.8. The molecule has 43 heavy (non-hydrogen) atoms. The normalized spacial score (nSPS) is 15.8. The van der Waals surface area contributed by atoms with Crippen molar-refractivity contribution in [2.24, 2.45) is 0 Å². The first-order valence-electron chi connectivity index (χ1n) is 16.2. The number of aliphatic hydroxyl groups excluding tert-OH is 1. The molecule has 3 N–H and O–H groups in total. The number of nitrogens with one attached hydrogen (secondary N) is 1. The van der Waals surface area contributed by atoms with Crippen molar-refractivity contribution < 1.29 is 32.9 Å². The number of aliphatic hydroxyl groups is 1. The van der Waals surface area contributed by atoms with E-state index in [2.05, 4.69) is 67.8 Å². The molecule has 0 aliphatic carbocycles. The highest BCUT2D eigenvalue weighted by atomic mass is 31.2. The Morgan fingerprint density at radius 2 is 1.40 bits per heavy atom. The highest BCUT2D eigenvalue weighted by molar-refractivity contribution is 7.47. The first-order valence-corrected chi connectivity index (χ1v) is 17.7. The van der Waals surface area contributed by atoms with Crippen LogP contribution in [0.3, 0.4) is 0 Å². The van der Waals surface area contributed by atoms with Crippen molar-refractivity contribution in [2.75, 3.05) is 40.9 Å². The Hall–Kier alpha value is -1.80. The summed E-state index contributed by atoms with van der Waals surface area (Å²) in [5, 5.41) is 13.4. The van der Waals surface area contributed by atoms with Crippen molar-refractivity contribution >= 4 is 13.7 Å². The molecule has 0 rings (SSSR count). The second-order valence-corrected chi connectivity index (χ2v) is 13.3. The number of rotatable bonds is 27. The Kier molecular flexibility index (Phi) is 25.5. The van der Waals surface area contributed by atoms with Crippen LogP contribution in [-0.2, 0) is 18.4 Å². The minimum absolute atomic E-state index is 0.0516. The van der Waals surface area contributed by atoms with Crippen molar-refractivity contribution in [3.05, 3.63) is 60.8 Å². The fourth-order valence-electron chi connectivity index (χ4n) is 3.84. The van der Waals surface area contributed by atoms with Crippen LogP contribution in [0.1, 0.15) is 97.3 Å². The Bertz CT molecular complexity index is 892. The topological polar surface area (TPSA) is 105 Å². The number of quaternary nitrogens is 1. The molecule has 3 atom stereocenters. The molecular weight excluding hydrogens is 563 g/mol. The summed E-state index contributed by atoms with van der Waals surface area (Å²) in [4.78, 5) is 22.7. The van der Waals surface area contributed by atoms with E-state index in [0.717, 1.165) is 77.0 Å². The molecule has 0 bridgehead atoms. The van der Waals surface area contributed by atoms with Gasteiger partial charge in [0, 0.05) is 6.42 Å². The number of likely N-dealkylation sites (N-methyl/N-ethyl adjacent to an activating group) is 1. The van der Waals surface area contributed by atoms with Gasteiger partial charge >= 0.3 is 7.82 Å². The third-order valence-corrected chi connectivity index (χ3v) is 7.48. The highest BCUT2D eigenvalue weighted by Gasteiger charge is 2.27. The lowest BCUT2D eigenvalue weighted by Gasteiger charge is -2.25. The maximum Gasteiger partial charge on any atom is 0.472 e. The van der Waals surface area contributed by atoms with Crippen molar-refractivity contribution in [3.63, 3.8) is 0 Å². The van der Waals surface area contributed by atoms with E-state index in [1.165, 1.54) is 0 Å². The zero-order valence-corrected chi connectivity index (χ0v) is 28.6. The second kappa shape index (κ2) is 26.6. The maximum atomic E-state index is 12.6. The quantitative estimate of drug-likeness (QED) is 0.0377. The van der Waals surface area contributed by atoms with Crippen molar-refractivity contribution in [2.45, 2.75) is 109 Å². The zero-order chi connectivity index (χ0) is 32.2. The number of amides is 1. The number of hydrogen-bond acceptors (Lipinski definition) is 5. The third kappa shape index (κ3) is 28.7. The Morgan fingerprint density at radius 3 is 2.00 bits per heavy atom. The van der Waals surface area contributed by atoms with E-state index in [4.69, 9.17) is 9.05 Å². The molecule has 0 aromatic heterocycles. The number of unbranched alkanes of at least 4 members (excludes halogenated alkanes) is 6. The van der Waals surface area contributed by atoms with Crippen LogP contribution in [0.25, 0.3) is 0 Å². The third-order valence-electron chi connectivity index (χ3n) is 6.49. The molecule has 0 aromatic rings. The molecule has 3 unspecified atom stereocenters. The molecule has 9 heteroatoms. The van der Waals surface area contributed by atoms with Gasteiger partial charge in [-0.05, 0) is 51.4 Å². The lowest BCUT2D eigenvalue weighted by Crippen LogP contribution is -2.45. The van der Waals surface area contributed by atoms with Gasteiger partial charge in [-0.3, -0.25) is 13.8 Å². The van der Waals surface area contributed by atoms with Crippen LogP contribution < -0.4 is 5.32 Å². The Labute approximate surface area is 262 Å². The minimum atomic E-state index is -4.32. The predicted molar refractivity (Wildman–Crippen MR) is 180 cm³/mol. The van der Waals surface area contributed by atoms with Gasteiger partial charge in [-0.15, -0.1) is 0 Å². The summed E-state index contributed by atoms with van der Waals surface area (Å²) in [5.41, 5.74) is 0. The molecule has 1 amide bonds. The van der Waals surface area contributed by atoms with E-state index in [1.807, 2.05) is 27.2 Å². The van der Waals surface area contributed by atoms with E-state index in [-0.39, 0.29) is 19.1 Å². The molecule has 0 saturated carbocycles. The SMILES string of the molecule is CC/C=C\C/C=C\C/C=C\C/C=C\CCCCCCC(=O)NC(COP(=O)(O)OCC[N+](C)(C)C)C(O)/C=C/CCCC. The molecular formula is C34H62N2O6P+. The molecule has 0 aromatic carbocycles. The van der Waals surface area contributed by atoms with Gasteiger partial charge in [0.2, 0.25) is 5.91 Å². The smallest absolute Gasteiger partial charge is 0.387 e. The number of phosphoric ester groups is 1. The molecule has 0 fully saturated rings. The Morgan fingerprint density at radius 1 is 0.814 bits per heavy atom. The molecule has 0 radical (unpaired) electrons. The van der Waals surface area contributed by atoms with Crippen molar-refractivity contribution in [3.8, 4) is 0 Å². The lowest BCUT2D eigenvalue weighted by molar-refractivity contribution is -0.870. The summed E-state index contributed by atoms with van der Waals surface area (Å²) in [6, 6.07) is -0.856. The Balaban J connectivity index is 4.40. The number of carbonyl (C=O) groups is 1. The van der Waals surface area contributed by atoms with E-state index in [1.54, 1.807) is 6.08 Å². The highest BCUT2D eigenvalue weighted by Crippen LogP contribution is 2.43. The number of hydrogen-bond donors (Lipinski definition) is 3. The predicted octanol–water partition coefficient (Wildman–Crippen LogP) is 7.56. The van der Waals surface area contributed by atoms with E-state index < -0.39 is 20.0 Å². The minimum Gasteiger partial charge on any atom is -0.387 e. The summed E-state index contributed by atoms with van der Waals surface area (Å²) in [5.74, 6) is -0.215. The first kappa shape index (κ1) is 41.2. The number of allylic oxidation sites excluding steroid dienone is 9. The molecule has 0 saturated heterocycles. The van der Waals surface area contributed by atoms with Gasteiger partial charge in [0.05, 0.1) is 39.9 Å². The fraction of sp³-hybridized carbons (Fsp3) is 0.676. The monoisotopic (exact) mass is 625 g/mol.